The SMILES string of the molecule is CC[C@H](C)C1NN[C@@H](CCC(N)=O)C(=O)N[C@@H](CC(N)=O)C(=O)N[C@H](C(=O)N(CCc2ccccc2)CC(=O)N[C@@H](CC(C)C)C(=O)C(=O)CNN)CSCCCC(=O)N[C@@H](Cc2ccc(O)cc2)C(=O)C1=O. The van der Waals surface area contributed by atoms with Crippen LogP contribution in [0, 0.1) is 11.8 Å². The van der Waals surface area contributed by atoms with Crippen molar-refractivity contribution in [2.24, 2.45) is 29.1 Å². The van der Waals surface area contributed by atoms with Crippen LogP contribution < -0.4 is 54.9 Å². The first-order valence-electron chi connectivity index (χ1n) is 24.2. The van der Waals surface area contributed by atoms with Crippen LogP contribution >= 0.6 is 11.8 Å². The third kappa shape index (κ3) is 21.2. The van der Waals surface area contributed by atoms with E-state index in [4.69, 9.17) is 17.3 Å². The maximum Gasteiger partial charge on any atom is 0.246 e. The summed E-state index contributed by atoms with van der Waals surface area (Å²) < 4.78 is 0. The number of nitrogens with two attached hydrogens (primary N) is 3. The molecule has 1 heterocycles. The van der Waals surface area contributed by atoms with Gasteiger partial charge in [0.05, 0.1) is 37.6 Å². The Hall–Kier alpha value is -6.60. The number of ketones is 4. The summed E-state index contributed by atoms with van der Waals surface area (Å²) in [5.41, 5.74) is 19.9. The summed E-state index contributed by atoms with van der Waals surface area (Å²) >= 11 is 1.13. The number of rotatable bonds is 22. The number of benzene rings is 2. The maximum absolute atomic E-state index is 14.8. The van der Waals surface area contributed by atoms with Gasteiger partial charge in [0.2, 0.25) is 64.5 Å². The van der Waals surface area contributed by atoms with Gasteiger partial charge in [-0.3, -0.25) is 64.0 Å². The van der Waals surface area contributed by atoms with Crippen molar-refractivity contribution in [3.05, 3.63) is 65.7 Å². The number of nitrogens with one attached hydrogen (secondary N) is 7. The minimum absolute atomic E-state index is 0.0460. The van der Waals surface area contributed by atoms with E-state index >= 15 is 0 Å². The average Bonchev–Trinajstić information content (AvgIpc) is 3.34. The van der Waals surface area contributed by atoms with E-state index in [-0.39, 0.29) is 74.7 Å². The van der Waals surface area contributed by atoms with Crippen LogP contribution in [0.2, 0.25) is 0 Å². The zero-order chi connectivity index (χ0) is 54.2. The van der Waals surface area contributed by atoms with Crippen molar-refractivity contribution in [1.29, 1.82) is 0 Å². The molecule has 3 rings (SSSR count). The Balaban J connectivity index is 2.10. The van der Waals surface area contributed by atoms with Gasteiger partial charge in [-0.15, -0.1) is 0 Å². The Kier molecular flexibility index (Phi) is 25.9. The van der Waals surface area contributed by atoms with E-state index in [1.165, 1.54) is 24.3 Å². The standard InChI is InChI=1S/C49H71N11O12S/c1-5-29(4)43-46(69)45(68)35(23-31-13-15-32(61)16-14-31)54-41(65)12-9-21-73-27-37(57-48(71)36(24-40(51)64)56-47(70)33(58-59-43)17-18-39(50)63)49(72)60(20-19-30-10-7-6-8-11-30)26-42(66)55-34(22-28(2)3)44(67)38(62)25-53-52/h6-8,10-11,13-16,28-29,33-37,43,53,58-59,61H,5,9,12,17-27,52H2,1-4H3,(H2,50,63)(H2,51,64)(H,54,65)(H,55,66)(H,56,70)(H,57,71)/t29-,33-,34-,35-,36-,37-,43?/m0/s1. The molecule has 0 bridgehead atoms. The van der Waals surface area contributed by atoms with Gasteiger partial charge in [0, 0.05) is 31.6 Å². The number of aromatic hydroxyl groups is 1. The van der Waals surface area contributed by atoms with Crippen LogP contribution in [-0.2, 0) is 65.6 Å². The summed E-state index contributed by atoms with van der Waals surface area (Å²) in [7, 11) is 0. The molecule has 1 saturated heterocycles. The van der Waals surface area contributed by atoms with E-state index in [1.54, 1.807) is 58.0 Å². The number of hydrogen-bond donors (Lipinski definition) is 11. The van der Waals surface area contributed by atoms with E-state index in [1.807, 2.05) is 0 Å². The summed E-state index contributed by atoms with van der Waals surface area (Å²) in [5, 5.41) is 20.2. The predicted octanol–water partition coefficient (Wildman–Crippen LogP) is -1.72. The topological polar surface area (TPSA) is 374 Å². The van der Waals surface area contributed by atoms with Crippen LogP contribution in [0.4, 0.5) is 0 Å². The highest BCUT2D eigenvalue weighted by molar-refractivity contribution is 7.99. The normalized spacial score (nSPS) is 20.6. The Labute approximate surface area is 428 Å². The molecule has 7 atom stereocenters. The van der Waals surface area contributed by atoms with Gasteiger partial charge in [0.1, 0.15) is 23.9 Å². The van der Waals surface area contributed by atoms with Gasteiger partial charge in [-0.05, 0) is 66.5 Å². The molecule has 0 aromatic heterocycles. The fourth-order valence-electron chi connectivity index (χ4n) is 7.67. The van der Waals surface area contributed by atoms with Crippen LogP contribution in [0.5, 0.6) is 5.75 Å². The minimum atomic E-state index is -1.73. The Morgan fingerprint density at radius 1 is 0.822 bits per heavy atom. The maximum atomic E-state index is 14.8. The number of amides is 7. The predicted molar refractivity (Wildman–Crippen MR) is 270 cm³/mol. The fourth-order valence-corrected chi connectivity index (χ4v) is 8.65. The quantitative estimate of drug-likeness (QED) is 0.0355. The number of phenols is 1. The smallest absolute Gasteiger partial charge is 0.246 e. The van der Waals surface area contributed by atoms with Crippen molar-refractivity contribution in [1.82, 2.24) is 42.4 Å². The summed E-state index contributed by atoms with van der Waals surface area (Å²) in [6, 6.07) is 6.26. The van der Waals surface area contributed by atoms with Crippen LogP contribution in [-0.4, -0.2) is 142 Å². The second-order valence-electron chi connectivity index (χ2n) is 18.3. The average molecular weight is 1040 g/mol. The van der Waals surface area contributed by atoms with Gasteiger partial charge in [0.25, 0.3) is 0 Å². The molecule has 14 N–H and O–H groups in total. The van der Waals surface area contributed by atoms with Crippen molar-refractivity contribution >= 4 is 76.2 Å². The molecule has 0 aliphatic carbocycles. The van der Waals surface area contributed by atoms with Crippen molar-refractivity contribution in [3.8, 4) is 5.75 Å². The van der Waals surface area contributed by atoms with Gasteiger partial charge in [-0.2, -0.15) is 11.8 Å². The van der Waals surface area contributed by atoms with Gasteiger partial charge >= 0.3 is 0 Å². The number of hydrazine groups is 2. The third-order valence-electron chi connectivity index (χ3n) is 11.9. The Bertz CT molecular complexity index is 2250. The molecule has 1 fully saturated rings. The number of carbonyl (C=O) groups excluding carboxylic acids is 11. The lowest BCUT2D eigenvalue weighted by Crippen LogP contribution is -2.62. The van der Waals surface area contributed by atoms with E-state index in [0.717, 1.165) is 22.2 Å². The first-order valence-corrected chi connectivity index (χ1v) is 25.3. The molecule has 2 aromatic carbocycles. The lowest BCUT2D eigenvalue weighted by Gasteiger charge is -2.30. The largest absolute Gasteiger partial charge is 0.508 e. The summed E-state index contributed by atoms with van der Waals surface area (Å²) in [6.45, 7) is 5.80. The molecule has 0 saturated carbocycles. The summed E-state index contributed by atoms with van der Waals surface area (Å²) in [5.74, 6) is -5.17. The van der Waals surface area contributed by atoms with Gasteiger partial charge in [-0.1, -0.05) is 76.6 Å². The highest BCUT2D eigenvalue weighted by atomic mass is 32.2. The molecule has 2 aromatic rings. The van der Waals surface area contributed by atoms with Crippen LogP contribution in [0.25, 0.3) is 0 Å². The zero-order valence-electron chi connectivity index (χ0n) is 41.7. The van der Waals surface area contributed by atoms with Gasteiger partial charge in [0.15, 0.2) is 0 Å². The summed E-state index contributed by atoms with van der Waals surface area (Å²) in [4.78, 5) is 150. The van der Waals surface area contributed by atoms with Crippen LogP contribution in [0.1, 0.15) is 83.8 Å². The minimum Gasteiger partial charge on any atom is -0.508 e. The molecular weight excluding hydrogens is 967 g/mol. The first kappa shape index (κ1) is 60.7. The molecule has 1 unspecified atom stereocenters. The second kappa shape index (κ2) is 31.1. The van der Waals surface area contributed by atoms with Crippen LogP contribution in [0.3, 0.4) is 0 Å². The number of thioether (sulfide) groups is 1. The van der Waals surface area contributed by atoms with E-state index in [0.29, 0.717) is 12.0 Å². The van der Waals surface area contributed by atoms with Gasteiger partial charge < -0.3 is 42.7 Å². The third-order valence-corrected chi connectivity index (χ3v) is 13.0. The highest BCUT2D eigenvalue weighted by Gasteiger charge is 2.37. The lowest BCUT2D eigenvalue weighted by atomic mass is 9.90. The van der Waals surface area contributed by atoms with Crippen LogP contribution in [0.15, 0.2) is 54.6 Å². The molecule has 23 nitrogen and oxygen atoms in total. The highest BCUT2D eigenvalue weighted by Crippen LogP contribution is 2.17. The van der Waals surface area contributed by atoms with E-state index in [2.05, 4.69) is 37.5 Å². The molecule has 1 aliphatic heterocycles. The first-order chi connectivity index (χ1) is 34.6. The van der Waals surface area contributed by atoms with Crippen molar-refractivity contribution in [2.75, 3.05) is 31.1 Å². The lowest BCUT2D eigenvalue weighted by molar-refractivity contribution is -0.141. The number of primary amides is 2. The zero-order valence-corrected chi connectivity index (χ0v) is 42.6. The summed E-state index contributed by atoms with van der Waals surface area (Å²) in [6.07, 6.45) is -0.893. The molecule has 400 valence electrons. The number of phenolic OH excluding ortho intramolecular Hbond substituents is 1. The Morgan fingerprint density at radius 2 is 1.49 bits per heavy atom. The molecule has 24 heteroatoms. The molecule has 1 aliphatic rings. The molecule has 7 amide bonds. The van der Waals surface area contributed by atoms with Gasteiger partial charge in [-0.25, -0.2) is 10.9 Å². The molecule has 73 heavy (non-hydrogen) atoms. The molecule has 0 spiro atoms. The molecular formula is C49H71N11O12S. The monoisotopic (exact) mass is 1040 g/mol. The second-order valence-corrected chi connectivity index (χ2v) is 19.5. The molecule has 0 radical (unpaired) electrons. The number of carbonyl (C=O) groups is 11. The number of nitrogens with zero attached hydrogens (tertiary/aromatic N) is 1. The Morgan fingerprint density at radius 3 is 2.11 bits per heavy atom. The number of Topliss-reactive ketones (excluding diaryl/α,β-unsaturated/α-hetero) is 4. The van der Waals surface area contributed by atoms with Crippen molar-refractivity contribution in [2.45, 2.75) is 122 Å². The fraction of sp³-hybridized carbons (Fsp3) is 0.531. The van der Waals surface area contributed by atoms with E-state index < -0.39 is 126 Å². The van der Waals surface area contributed by atoms with Crippen molar-refractivity contribution < 1.29 is 57.8 Å². The van der Waals surface area contributed by atoms with Crippen molar-refractivity contribution in [3.63, 3.8) is 0 Å². The number of hydrogen-bond acceptors (Lipinski definition) is 17. The van der Waals surface area contributed by atoms with E-state index in [9.17, 15) is 57.8 Å².